The highest BCUT2D eigenvalue weighted by atomic mass is 32.2. The second-order valence-corrected chi connectivity index (χ2v) is 12.9. The molecule has 2 heterocycles. The minimum atomic E-state index is -4.02. The van der Waals surface area contributed by atoms with Gasteiger partial charge in [0, 0.05) is 13.1 Å². The van der Waals surface area contributed by atoms with Crippen LogP contribution in [0.3, 0.4) is 0 Å². The molecule has 0 aromatic heterocycles. The van der Waals surface area contributed by atoms with Crippen molar-refractivity contribution in [3.63, 3.8) is 0 Å². The van der Waals surface area contributed by atoms with Gasteiger partial charge in [-0.05, 0) is 54.5 Å². The molecule has 4 rings (SSSR count). The number of alkyl carbamates (subject to hydrolysis) is 1. The number of aliphatic hydroxyl groups is 2. The largest absolute Gasteiger partial charge is 0.443 e. The molecule has 0 bridgehead atoms. The molecule has 1 amide bonds. The molecule has 5 atom stereocenters. The Morgan fingerprint density at radius 3 is 2.60 bits per heavy atom. The van der Waals surface area contributed by atoms with E-state index in [2.05, 4.69) is 5.32 Å². The molecular weight excluding hydrogens is 536 g/mol. The van der Waals surface area contributed by atoms with E-state index in [-0.39, 0.29) is 55.7 Å². The zero-order chi connectivity index (χ0) is 28.9. The van der Waals surface area contributed by atoms with Crippen molar-refractivity contribution >= 4 is 16.1 Å². The highest BCUT2D eigenvalue weighted by molar-refractivity contribution is 7.89. The van der Waals surface area contributed by atoms with Crippen LogP contribution >= 0.6 is 0 Å². The lowest BCUT2D eigenvalue weighted by molar-refractivity contribution is -0.0907. The van der Waals surface area contributed by atoms with Crippen molar-refractivity contribution in [1.82, 2.24) is 9.62 Å². The smallest absolute Gasteiger partial charge is 0.407 e. The monoisotopic (exact) mass is 576 g/mol. The molecule has 11 heteroatoms. The molecule has 3 N–H and O–H groups in total. The van der Waals surface area contributed by atoms with Gasteiger partial charge in [-0.1, -0.05) is 50.2 Å². The van der Waals surface area contributed by atoms with Gasteiger partial charge in [-0.25, -0.2) is 13.2 Å². The summed E-state index contributed by atoms with van der Waals surface area (Å²) in [6, 6.07) is 13.1. The Labute approximate surface area is 236 Å². The van der Waals surface area contributed by atoms with Gasteiger partial charge in [0.15, 0.2) is 6.29 Å². The lowest BCUT2D eigenvalue weighted by Crippen LogP contribution is -2.51. The summed E-state index contributed by atoms with van der Waals surface area (Å²) in [6.07, 6.45) is -1.77. The van der Waals surface area contributed by atoms with Gasteiger partial charge in [0.05, 0.1) is 42.8 Å². The molecule has 2 saturated heterocycles. The van der Waals surface area contributed by atoms with Crippen molar-refractivity contribution in [2.24, 2.45) is 11.8 Å². The van der Waals surface area contributed by atoms with Crippen LogP contribution in [0.2, 0.25) is 0 Å². The number of benzene rings is 2. The van der Waals surface area contributed by atoms with Gasteiger partial charge in [0.2, 0.25) is 10.0 Å². The number of amides is 1. The minimum absolute atomic E-state index is 0.0285. The van der Waals surface area contributed by atoms with Gasteiger partial charge >= 0.3 is 6.09 Å². The summed E-state index contributed by atoms with van der Waals surface area (Å²) in [5, 5.41) is 23.9. The Morgan fingerprint density at radius 2 is 1.90 bits per heavy atom. The summed E-state index contributed by atoms with van der Waals surface area (Å²) in [5.74, 6) is -0.0626. The lowest BCUT2D eigenvalue weighted by atomic mass is 10.0. The molecule has 10 nitrogen and oxygen atoms in total. The highest BCUT2D eigenvalue weighted by Crippen LogP contribution is 2.33. The van der Waals surface area contributed by atoms with Crippen molar-refractivity contribution in [2.45, 2.75) is 69.7 Å². The Bertz CT molecular complexity index is 1240. The summed E-state index contributed by atoms with van der Waals surface area (Å²) in [6.45, 7) is 6.00. The maximum atomic E-state index is 13.7. The fourth-order valence-electron chi connectivity index (χ4n) is 5.16. The van der Waals surface area contributed by atoms with Gasteiger partial charge < -0.3 is 29.7 Å². The Kier molecular flexibility index (Phi) is 10.2. The number of aliphatic hydroxyl groups excluding tert-OH is 2. The quantitative estimate of drug-likeness (QED) is 0.351. The van der Waals surface area contributed by atoms with Crippen LogP contribution in [0.4, 0.5) is 4.79 Å². The Morgan fingerprint density at radius 1 is 1.15 bits per heavy atom. The summed E-state index contributed by atoms with van der Waals surface area (Å²) >= 11 is 0. The molecule has 0 aliphatic carbocycles. The number of nitrogens with one attached hydrogen (secondary N) is 1. The van der Waals surface area contributed by atoms with Crippen LogP contribution in [0.1, 0.15) is 37.0 Å². The van der Waals surface area contributed by atoms with E-state index in [1.54, 1.807) is 13.0 Å². The molecule has 0 saturated carbocycles. The normalized spacial score (nSPS) is 22.3. The van der Waals surface area contributed by atoms with Crippen LogP contribution < -0.4 is 5.32 Å². The number of aryl methyl sites for hydroxylation is 1. The number of fused-ring (bicyclic) bond motifs is 1. The van der Waals surface area contributed by atoms with Crippen LogP contribution in [0.15, 0.2) is 53.4 Å². The molecule has 2 fully saturated rings. The number of nitrogens with zero attached hydrogens (tertiary/aromatic N) is 1. The molecule has 2 aromatic carbocycles. The third kappa shape index (κ3) is 7.39. The predicted molar refractivity (Wildman–Crippen MR) is 148 cm³/mol. The van der Waals surface area contributed by atoms with Crippen molar-refractivity contribution in [1.29, 1.82) is 0 Å². The first-order valence-electron chi connectivity index (χ1n) is 13.7. The molecule has 2 unspecified atom stereocenters. The van der Waals surface area contributed by atoms with E-state index in [0.717, 1.165) is 17.5 Å². The molecule has 2 aromatic rings. The Balaban J connectivity index is 1.53. The third-order valence-electron chi connectivity index (χ3n) is 7.40. The second kappa shape index (κ2) is 13.4. The van der Waals surface area contributed by atoms with Crippen molar-refractivity contribution in [2.75, 3.05) is 26.3 Å². The number of carbonyl (C=O) groups excluding carboxylic acids is 1. The fourth-order valence-corrected chi connectivity index (χ4v) is 6.84. The van der Waals surface area contributed by atoms with E-state index in [9.17, 15) is 23.4 Å². The van der Waals surface area contributed by atoms with Crippen LogP contribution in [0.25, 0.3) is 0 Å². The Hall–Kier alpha value is -2.54. The van der Waals surface area contributed by atoms with E-state index in [1.165, 1.54) is 16.4 Å². The number of carbonyl (C=O) groups is 1. The highest BCUT2D eigenvalue weighted by Gasteiger charge is 2.44. The van der Waals surface area contributed by atoms with Gasteiger partial charge in [-0.2, -0.15) is 4.31 Å². The first kappa shape index (κ1) is 30.4. The van der Waals surface area contributed by atoms with Crippen molar-refractivity contribution < 1.29 is 37.6 Å². The third-order valence-corrected chi connectivity index (χ3v) is 9.23. The van der Waals surface area contributed by atoms with Gasteiger partial charge in [0.25, 0.3) is 0 Å². The molecule has 220 valence electrons. The predicted octanol–water partition coefficient (Wildman–Crippen LogP) is 2.59. The van der Waals surface area contributed by atoms with Crippen molar-refractivity contribution in [3.05, 3.63) is 65.2 Å². The lowest BCUT2D eigenvalue weighted by Gasteiger charge is -2.31. The maximum Gasteiger partial charge on any atom is 0.407 e. The molecule has 2 aliphatic rings. The topological polar surface area (TPSA) is 135 Å². The number of hydrogen-bond donors (Lipinski definition) is 3. The summed E-state index contributed by atoms with van der Waals surface area (Å²) in [5.41, 5.74) is 2.17. The molecule has 0 spiro atoms. The SMILES string of the molecule is Cc1ccc(S(=O)(=O)N(CC(C)C)C[C@@H](O)[C@H](Cc2ccccc2)NC(=O)OC2CO[C@H]3OCCC23)cc1CO. The minimum Gasteiger partial charge on any atom is -0.443 e. The summed E-state index contributed by atoms with van der Waals surface area (Å²) in [7, 11) is -4.02. The van der Waals surface area contributed by atoms with Gasteiger partial charge in [-0.3, -0.25) is 0 Å². The zero-order valence-corrected chi connectivity index (χ0v) is 24.0. The van der Waals surface area contributed by atoms with Crippen LogP contribution in [-0.2, 0) is 37.3 Å². The average Bonchev–Trinajstić information content (AvgIpc) is 3.53. The zero-order valence-electron chi connectivity index (χ0n) is 23.2. The van der Waals surface area contributed by atoms with E-state index < -0.39 is 34.4 Å². The van der Waals surface area contributed by atoms with E-state index in [1.807, 2.05) is 44.2 Å². The van der Waals surface area contributed by atoms with E-state index in [0.29, 0.717) is 12.2 Å². The first-order valence-corrected chi connectivity index (χ1v) is 15.2. The fraction of sp³-hybridized carbons (Fsp3) is 0.552. The number of hydrogen-bond acceptors (Lipinski definition) is 8. The van der Waals surface area contributed by atoms with Crippen LogP contribution in [0, 0.1) is 18.8 Å². The standard InChI is InChI=1S/C29H40N2O8S/c1-19(2)15-31(40(35,36)23-10-9-20(3)22(14-23)17-32)16-26(33)25(13-21-7-5-4-6-8-21)30-29(34)39-27-18-38-28-24(27)11-12-37-28/h4-10,14,19,24-28,32-33H,11-13,15-18H2,1-3H3,(H,30,34)/t24?,25-,26+,27?,28+/m0/s1. The summed E-state index contributed by atoms with van der Waals surface area (Å²) < 4.78 is 45.4. The van der Waals surface area contributed by atoms with Crippen LogP contribution in [-0.4, -0.2) is 79.9 Å². The molecule has 0 radical (unpaired) electrons. The van der Waals surface area contributed by atoms with Crippen molar-refractivity contribution in [3.8, 4) is 0 Å². The number of ether oxygens (including phenoxy) is 3. The second-order valence-electron chi connectivity index (χ2n) is 10.9. The molecule has 2 aliphatic heterocycles. The maximum absolute atomic E-state index is 13.7. The van der Waals surface area contributed by atoms with Crippen LogP contribution in [0.5, 0.6) is 0 Å². The molecule has 40 heavy (non-hydrogen) atoms. The number of sulfonamides is 1. The van der Waals surface area contributed by atoms with E-state index >= 15 is 0 Å². The van der Waals surface area contributed by atoms with Gasteiger partial charge in [0.1, 0.15) is 6.10 Å². The first-order chi connectivity index (χ1) is 19.1. The number of rotatable bonds is 12. The van der Waals surface area contributed by atoms with Gasteiger partial charge in [-0.15, -0.1) is 0 Å². The molecular formula is C29H40N2O8S. The van der Waals surface area contributed by atoms with E-state index in [4.69, 9.17) is 14.2 Å². The summed E-state index contributed by atoms with van der Waals surface area (Å²) in [4.78, 5) is 13.0. The average molecular weight is 577 g/mol.